The number of carbonyl (C=O) groups is 2. The van der Waals surface area contributed by atoms with E-state index in [1.807, 2.05) is 0 Å². The summed E-state index contributed by atoms with van der Waals surface area (Å²) in [6, 6.07) is 6.42. The van der Waals surface area contributed by atoms with E-state index in [2.05, 4.69) is 15.6 Å². The summed E-state index contributed by atoms with van der Waals surface area (Å²) >= 11 is 5.83. The van der Waals surface area contributed by atoms with Gasteiger partial charge in [0.2, 0.25) is 5.91 Å². The third-order valence-corrected chi connectivity index (χ3v) is 4.26. The SMILES string of the molecule is Cc1cc(C(=O)NCc2cccc(C(F)(F)F)c2Cl)cc(NC(=O)C(C)C)n1. The van der Waals surface area contributed by atoms with Crippen LogP contribution in [0.25, 0.3) is 0 Å². The van der Waals surface area contributed by atoms with Crippen molar-refractivity contribution in [3.05, 3.63) is 57.7 Å². The first kappa shape index (κ1) is 21.7. The molecule has 1 aromatic carbocycles. The van der Waals surface area contributed by atoms with E-state index in [1.54, 1.807) is 20.8 Å². The molecular weight excluding hydrogens is 395 g/mol. The van der Waals surface area contributed by atoms with Gasteiger partial charge in [0, 0.05) is 23.7 Å². The Kier molecular flexibility index (Phi) is 6.66. The van der Waals surface area contributed by atoms with Crippen LogP contribution in [0.2, 0.25) is 5.02 Å². The maximum absolute atomic E-state index is 12.9. The summed E-state index contributed by atoms with van der Waals surface area (Å²) in [6.45, 7) is 4.91. The molecule has 0 fully saturated rings. The summed E-state index contributed by atoms with van der Waals surface area (Å²) in [5, 5.41) is 4.69. The van der Waals surface area contributed by atoms with Gasteiger partial charge in [-0.25, -0.2) is 4.98 Å². The van der Waals surface area contributed by atoms with E-state index in [1.165, 1.54) is 24.3 Å². The zero-order valence-electron chi connectivity index (χ0n) is 15.4. The lowest BCUT2D eigenvalue weighted by atomic mass is 10.1. The van der Waals surface area contributed by atoms with Crippen LogP contribution < -0.4 is 10.6 Å². The fourth-order valence-corrected chi connectivity index (χ4v) is 2.65. The number of nitrogens with one attached hydrogen (secondary N) is 2. The van der Waals surface area contributed by atoms with Crippen LogP contribution in [0.4, 0.5) is 19.0 Å². The summed E-state index contributed by atoms with van der Waals surface area (Å²) in [7, 11) is 0. The van der Waals surface area contributed by atoms with Gasteiger partial charge >= 0.3 is 6.18 Å². The van der Waals surface area contributed by atoms with Crippen molar-refractivity contribution in [3.8, 4) is 0 Å². The topological polar surface area (TPSA) is 71.1 Å². The van der Waals surface area contributed by atoms with E-state index in [9.17, 15) is 22.8 Å². The number of amides is 2. The van der Waals surface area contributed by atoms with E-state index < -0.39 is 22.7 Å². The lowest BCUT2D eigenvalue weighted by molar-refractivity contribution is -0.137. The van der Waals surface area contributed by atoms with E-state index >= 15 is 0 Å². The Hall–Kier alpha value is -2.61. The molecule has 5 nitrogen and oxygen atoms in total. The number of aromatic nitrogens is 1. The summed E-state index contributed by atoms with van der Waals surface area (Å²) in [5.41, 5.74) is -0.0956. The molecule has 2 amide bonds. The molecule has 0 aliphatic rings. The summed E-state index contributed by atoms with van der Waals surface area (Å²) < 4.78 is 38.8. The van der Waals surface area contributed by atoms with Crippen LogP contribution in [0.3, 0.4) is 0 Å². The van der Waals surface area contributed by atoms with Crippen molar-refractivity contribution in [1.29, 1.82) is 0 Å². The number of aryl methyl sites for hydroxylation is 1. The molecule has 9 heteroatoms. The minimum absolute atomic E-state index is 0.143. The summed E-state index contributed by atoms with van der Waals surface area (Å²) in [6.07, 6.45) is -4.58. The molecule has 2 N–H and O–H groups in total. The predicted molar refractivity (Wildman–Crippen MR) is 100 cm³/mol. The third kappa shape index (κ3) is 5.45. The minimum Gasteiger partial charge on any atom is -0.348 e. The Labute approximate surface area is 165 Å². The maximum atomic E-state index is 12.9. The second-order valence-corrected chi connectivity index (χ2v) is 6.86. The first-order valence-corrected chi connectivity index (χ1v) is 8.79. The Morgan fingerprint density at radius 1 is 1.21 bits per heavy atom. The molecule has 0 saturated heterocycles. The molecule has 1 aromatic heterocycles. The number of alkyl halides is 3. The van der Waals surface area contributed by atoms with Crippen molar-refractivity contribution in [1.82, 2.24) is 10.3 Å². The molecule has 0 radical (unpaired) electrons. The van der Waals surface area contributed by atoms with Gasteiger partial charge in [0.25, 0.3) is 5.91 Å². The van der Waals surface area contributed by atoms with Crippen molar-refractivity contribution in [2.45, 2.75) is 33.5 Å². The van der Waals surface area contributed by atoms with Crippen molar-refractivity contribution in [2.24, 2.45) is 5.92 Å². The lowest BCUT2D eigenvalue weighted by Crippen LogP contribution is -2.24. The fraction of sp³-hybridized carbons (Fsp3) is 0.316. The van der Waals surface area contributed by atoms with Crippen molar-refractivity contribution >= 4 is 29.2 Å². The zero-order valence-corrected chi connectivity index (χ0v) is 16.2. The van der Waals surface area contributed by atoms with E-state index in [4.69, 9.17) is 11.6 Å². The molecule has 2 rings (SSSR count). The Bertz CT molecular complexity index is 898. The van der Waals surface area contributed by atoms with Crippen molar-refractivity contribution in [3.63, 3.8) is 0 Å². The molecule has 2 aromatic rings. The average molecular weight is 414 g/mol. The number of hydrogen-bond acceptors (Lipinski definition) is 3. The molecule has 0 aliphatic carbocycles. The number of benzene rings is 1. The average Bonchev–Trinajstić information content (AvgIpc) is 2.58. The highest BCUT2D eigenvalue weighted by atomic mass is 35.5. The van der Waals surface area contributed by atoms with Gasteiger partial charge < -0.3 is 10.6 Å². The van der Waals surface area contributed by atoms with Crippen LogP contribution in [-0.2, 0) is 17.5 Å². The molecular formula is C19H19ClF3N3O2. The molecule has 0 saturated carbocycles. The molecule has 0 aliphatic heterocycles. The number of pyridine rings is 1. The number of nitrogens with zero attached hydrogens (tertiary/aromatic N) is 1. The maximum Gasteiger partial charge on any atom is 0.417 e. The number of hydrogen-bond donors (Lipinski definition) is 2. The number of halogens is 4. The van der Waals surface area contributed by atoms with Crippen molar-refractivity contribution < 1.29 is 22.8 Å². The van der Waals surface area contributed by atoms with Gasteiger partial charge in [-0.2, -0.15) is 13.2 Å². The van der Waals surface area contributed by atoms with Crippen LogP contribution in [-0.4, -0.2) is 16.8 Å². The largest absolute Gasteiger partial charge is 0.417 e. The second kappa shape index (κ2) is 8.60. The van der Waals surface area contributed by atoms with Gasteiger partial charge in [-0.3, -0.25) is 9.59 Å². The fourth-order valence-electron chi connectivity index (χ4n) is 2.35. The predicted octanol–water partition coefficient (Wildman–Crippen LogP) is 4.59. The number of rotatable bonds is 5. The summed E-state index contributed by atoms with van der Waals surface area (Å²) in [5.74, 6) is -0.817. The van der Waals surface area contributed by atoms with Crippen LogP contribution in [0.15, 0.2) is 30.3 Å². The third-order valence-electron chi connectivity index (χ3n) is 3.81. The smallest absolute Gasteiger partial charge is 0.348 e. The Balaban J connectivity index is 2.16. The van der Waals surface area contributed by atoms with E-state index in [0.29, 0.717) is 5.69 Å². The van der Waals surface area contributed by atoms with Crippen molar-refractivity contribution in [2.75, 3.05) is 5.32 Å². The summed E-state index contributed by atoms with van der Waals surface area (Å²) in [4.78, 5) is 28.4. The number of carbonyl (C=O) groups excluding carboxylic acids is 2. The Morgan fingerprint density at radius 3 is 2.50 bits per heavy atom. The van der Waals surface area contributed by atoms with Gasteiger partial charge in [0.05, 0.1) is 10.6 Å². The molecule has 28 heavy (non-hydrogen) atoms. The molecule has 0 atom stereocenters. The molecule has 0 unspecified atom stereocenters. The highest BCUT2D eigenvalue weighted by Crippen LogP contribution is 2.36. The van der Waals surface area contributed by atoms with Crippen LogP contribution in [0.5, 0.6) is 0 Å². The second-order valence-electron chi connectivity index (χ2n) is 6.49. The highest BCUT2D eigenvalue weighted by molar-refractivity contribution is 6.32. The first-order valence-electron chi connectivity index (χ1n) is 8.41. The normalized spacial score (nSPS) is 11.4. The first-order chi connectivity index (χ1) is 13.0. The van der Waals surface area contributed by atoms with Gasteiger partial charge in [-0.15, -0.1) is 0 Å². The van der Waals surface area contributed by atoms with Gasteiger partial charge in [0.1, 0.15) is 5.82 Å². The molecule has 1 heterocycles. The highest BCUT2D eigenvalue weighted by Gasteiger charge is 2.33. The van der Waals surface area contributed by atoms with Gasteiger partial charge in [-0.05, 0) is 30.7 Å². The Morgan fingerprint density at radius 2 is 1.89 bits per heavy atom. The van der Waals surface area contributed by atoms with Gasteiger partial charge in [-0.1, -0.05) is 37.6 Å². The lowest BCUT2D eigenvalue weighted by Gasteiger charge is -2.13. The molecule has 150 valence electrons. The van der Waals surface area contributed by atoms with E-state index in [0.717, 1.165) is 6.07 Å². The standard InChI is InChI=1S/C19H19ClF3N3O2/c1-10(2)17(27)26-15-8-13(7-11(3)25-15)18(28)24-9-12-5-4-6-14(16(12)20)19(21,22)23/h4-8,10H,9H2,1-3H3,(H,24,28)(H,25,26,27). The minimum atomic E-state index is -4.58. The quantitative estimate of drug-likeness (QED) is 0.753. The monoisotopic (exact) mass is 413 g/mol. The van der Waals surface area contributed by atoms with Crippen LogP contribution in [0, 0.1) is 12.8 Å². The molecule has 0 bridgehead atoms. The van der Waals surface area contributed by atoms with Crippen LogP contribution >= 0.6 is 11.6 Å². The van der Waals surface area contributed by atoms with E-state index in [-0.39, 0.29) is 35.3 Å². The zero-order chi connectivity index (χ0) is 21.1. The molecule has 0 spiro atoms. The van der Waals surface area contributed by atoms with Crippen LogP contribution in [0.1, 0.15) is 41.0 Å². The van der Waals surface area contributed by atoms with Gasteiger partial charge in [0.15, 0.2) is 0 Å². The number of anilines is 1.